The maximum atomic E-state index is 12.6. The number of nitrogens with zero attached hydrogens (tertiary/aromatic N) is 4. The van der Waals surface area contributed by atoms with Crippen molar-refractivity contribution in [3.8, 4) is 0 Å². The number of pyridine rings is 1. The van der Waals surface area contributed by atoms with Gasteiger partial charge in [-0.1, -0.05) is 6.07 Å². The molecule has 5 rings (SSSR count). The molecule has 0 radical (unpaired) electrons. The van der Waals surface area contributed by atoms with Crippen LogP contribution in [-0.2, 0) is 9.47 Å². The van der Waals surface area contributed by atoms with Crippen LogP contribution in [0.3, 0.4) is 0 Å². The van der Waals surface area contributed by atoms with Gasteiger partial charge in [0.15, 0.2) is 5.76 Å². The number of hydrogen-bond acceptors (Lipinski definition) is 6. The zero-order valence-corrected chi connectivity index (χ0v) is 15.5. The molecule has 5 heterocycles. The Balaban J connectivity index is 1.40. The maximum Gasteiger partial charge on any atom is 0.289 e. The van der Waals surface area contributed by atoms with E-state index in [0.29, 0.717) is 25.5 Å². The molecule has 0 N–H and O–H groups in total. The number of carbonyl (C=O) groups is 1. The molecule has 2 saturated heterocycles. The highest BCUT2D eigenvalue weighted by molar-refractivity contribution is 5.91. The van der Waals surface area contributed by atoms with Crippen molar-refractivity contribution in [3.05, 3.63) is 54.2 Å². The summed E-state index contributed by atoms with van der Waals surface area (Å²) >= 11 is 0. The van der Waals surface area contributed by atoms with Crippen LogP contribution in [0.25, 0.3) is 5.65 Å². The lowest BCUT2D eigenvalue weighted by Gasteiger charge is -2.31. The average Bonchev–Trinajstić information content (AvgIpc) is 3.44. The van der Waals surface area contributed by atoms with E-state index in [-0.39, 0.29) is 12.0 Å². The van der Waals surface area contributed by atoms with E-state index in [1.54, 1.807) is 17.0 Å². The van der Waals surface area contributed by atoms with Crippen LogP contribution in [0.2, 0.25) is 0 Å². The third-order valence-electron chi connectivity index (χ3n) is 5.24. The second-order valence-electron chi connectivity index (χ2n) is 6.97. The van der Waals surface area contributed by atoms with Crippen LogP contribution in [0.4, 0.5) is 5.82 Å². The summed E-state index contributed by atoms with van der Waals surface area (Å²) in [6.07, 6.45) is 3.27. The molecule has 0 spiro atoms. The van der Waals surface area contributed by atoms with E-state index in [2.05, 4.69) is 15.4 Å². The minimum Gasteiger partial charge on any atom is -0.459 e. The molecule has 28 heavy (non-hydrogen) atoms. The molecule has 8 nitrogen and oxygen atoms in total. The van der Waals surface area contributed by atoms with Gasteiger partial charge in [0.1, 0.15) is 17.6 Å². The van der Waals surface area contributed by atoms with Crippen LogP contribution in [0.5, 0.6) is 0 Å². The fourth-order valence-electron chi connectivity index (χ4n) is 3.79. The molecule has 146 valence electrons. The Morgan fingerprint density at radius 2 is 1.96 bits per heavy atom. The molecule has 0 aromatic carbocycles. The molecule has 0 unspecified atom stereocenters. The minimum atomic E-state index is -0.259. The second kappa shape index (κ2) is 7.29. The van der Waals surface area contributed by atoms with Gasteiger partial charge in [0, 0.05) is 25.8 Å². The number of amides is 1. The van der Waals surface area contributed by atoms with Crippen molar-refractivity contribution >= 4 is 17.4 Å². The molecule has 2 aliphatic rings. The Bertz CT molecular complexity index is 962. The first kappa shape index (κ1) is 17.3. The van der Waals surface area contributed by atoms with Crippen molar-refractivity contribution in [1.82, 2.24) is 14.3 Å². The Kier molecular flexibility index (Phi) is 4.50. The number of anilines is 1. The third-order valence-corrected chi connectivity index (χ3v) is 5.24. The first-order chi connectivity index (χ1) is 13.8. The first-order valence-corrected chi connectivity index (χ1v) is 9.55. The standard InChI is InChI=1S/C20H22N4O4/c25-20(16-3-2-9-27-16)23-8-12-28-17(14-23)15-13-24-18(21-15)4-1-5-19(24)22-6-10-26-11-7-22/h1-5,9,13,17H,6-8,10-12,14H2/t17-/m1/s1. The predicted octanol–water partition coefficient (Wildman–Crippen LogP) is 1.98. The van der Waals surface area contributed by atoms with Gasteiger partial charge in [0.05, 0.1) is 38.3 Å². The number of furan rings is 1. The molecule has 0 saturated carbocycles. The molecule has 1 amide bonds. The Morgan fingerprint density at radius 1 is 1.07 bits per heavy atom. The quantitative estimate of drug-likeness (QED) is 0.690. The molecule has 2 fully saturated rings. The number of hydrogen-bond donors (Lipinski definition) is 0. The Morgan fingerprint density at radius 3 is 2.79 bits per heavy atom. The van der Waals surface area contributed by atoms with Gasteiger partial charge in [-0.3, -0.25) is 9.20 Å². The topological polar surface area (TPSA) is 72.5 Å². The lowest BCUT2D eigenvalue weighted by atomic mass is 10.2. The number of carbonyl (C=O) groups excluding carboxylic acids is 1. The second-order valence-corrected chi connectivity index (χ2v) is 6.97. The van der Waals surface area contributed by atoms with Crippen LogP contribution in [0, 0.1) is 0 Å². The van der Waals surface area contributed by atoms with Crippen molar-refractivity contribution < 1.29 is 18.7 Å². The van der Waals surface area contributed by atoms with Gasteiger partial charge >= 0.3 is 0 Å². The highest BCUT2D eigenvalue weighted by atomic mass is 16.5. The highest BCUT2D eigenvalue weighted by Crippen LogP contribution is 2.26. The predicted molar refractivity (Wildman–Crippen MR) is 102 cm³/mol. The average molecular weight is 382 g/mol. The van der Waals surface area contributed by atoms with E-state index < -0.39 is 0 Å². The lowest BCUT2D eigenvalue weighted by molar-refractivity contribution is -0.0254. The van der Waals surface area contributed by atoms with Crippen molar-refractivity contribution in [3.63, 3.8) is 0 Å². The van der Waals surface area contributed by atoms with E-state index in [1.807, 2.05) is 18.3 Å². The smallest absolute Gasteiger partial charge is 0.289 e. The molecular weight excluding hydrogens is 360 g/mol. The molecule has 1 atom stereocenters. The zero-order chi connectivity index (χ0) is 18.9. The van der Waals surface area contributed by atoms with E-state index >= 15 is 0 Å². The largest absolute Gasteiger partial charge is 0.459 e. The summed E-state index contributed by atoms with van der Waals surface area (Å²) in [6.45, 7) is 4.65. The summed E-state index contributed by atoms with van der Waals surface area (Å²) < 4.78 is 18.8. The maximum absolute atomic E-state index is 12.6. The van der Waals surface area contributed by atoms with Crippen molar-refractivity contribution in [1.29, 1.82) is 0 Å². The summed E-state index contributed by atoms with van der Waals surface area (Å²) in [5.74, 6) is 1.33. The normalized spacial score (nSPS) is 20.6. The van der Waals surface area contributed by atoms with Crippen LogP contribution in [0.15, 0.2) is 47.2 Å². The van der Waals surface area contributed by atoms with Gasteiger partial charge in [0.2, 0.25) is 0 Å². The summed E-state index contributed by atoms with van der Waals surface area (Å²) in [5.41, 5.74) is 1.70. The highest BCUT2D eigenvalue weighted by Gasteiger charge is 2.29. The van der Waals surface area contributed by atoms with Crippen LogP contribution < -0.4 is 4.90 Å². The number of rotatable bonds is 3. The summed E-state index contributed by atoms with van der Waals surface area (Å²) in [5, 5.41) is 0. The van der Waals surface area contributed by atoms with E-state index in [9.17, 15) is 4.79 Å². The fourth-order valence-corrected chi connectivity index (χ4v) is 3.79. The molecule has 0 aliphatic carbocycles. The van der Waals surface area contributed by atoms with E-state index in [0.717, 1.165) is 43.5 Å². The van der Waals surface area contributed by atoms with Crippen molar-refractivity contribution in [2.45, 2.75) is 6.10 Å². The number of aromatic nitrogens is 2. The molecule has 0 bridgehead atoms. The Hall–Kier alpha value is -2.84. The molecular formula is C20H22N4O4. The van der Waals surface area contributed by atoms with E-state index in [4.69, 9.17) is 18.9 Å². The third kappa shape index (κ3) is 3.14. The van der Waals surface area contributed by atoms with Gasteiger partial charge in [-0.05, 0) is 24.3 Å². The number of morpholine rings is 2. The molecule has 8 heteroatoms. The van der Waals surface area contributed by atoms with E-state index in [1.165, 1.54) is 6.26 Å². The number of ether oxygens (including phenoxy) is 2. The fraction of sp³-hybridized carbons (Fsp3) is 0.400. The summed E-state index contributed by atoms with van der Waals surface area (Å²) in [7, 11) is 0. The summed E-state index contributed by atoms with van der Waals surface area (Å²) in [6, 6.07) is 9.51. The molecule has 2 aliphatic heterocycles. The monoisotopic (exact) mass is 382 g/mol. The lowest BCUT2D eigenvalue weighted by Crippen LogP contribution is -2.42. The van der Waals surface area contributed by atoms with Gasteiger partial charge in [-0.25, -0.2) is 4.98 Å². The van der Waals surface area contributed by atoms with Crippen LogP contribution in [-0.4, -0.2) is 66.2 Å². The van der Waals surface area contributed by atoms with Gasteiger partial charge in [0.25, 0.3) is 5.91 Å². The van der Waals surface area contributed by atoms with Gasteiger partial charge in [-0.15, -0.1) is 0 Å². The SMILES string of the molecule is O=C(c1ccco1)N1CCO[C@@H](c2cn3c(N4CCOCC4)cccc3n2)C1. The van der Waals surface area contributed by atoms with Crippen molar-refractivity contribution in [2.24, 2.45) is 0 Å². The van der Waals surface area contributed by atoms with Crippen molar-refractivity contribution in [2.75, 3.05) is 50.9 Å². The van der Waals surface area contributed by atoms with Gasteiger partial charge < -0.3 is 23.7 Å². The van der Waals surface area contributed by atoms with Gasteiger partial charge in [-0.2, -0.15) is 0 Å². The zero-order valence-electron chi connectivity index (χ0n) is 15.5. The van der Waals surface area contributed by atoms with Crippen LogP contribution >= 0.6 is 0 Å². The summed E-state index contributed by atoms with van der Waals surface area (Å²) in [4.78, 5) is 21.4. The first-order valence-electron chi connectivity index (χ1n) is 9.55. The minimum absolute atomic E-state index is 0.115. The number of fused-ring (bicyclic) bond motifs is 1. The van der Waals surface area contributed by atoms with Crippen LogP contribution in [0.1, 0.15) is 22.4 Å². The number of imidazole rings is 1. The molecule has 3 aromatic heterocycles. The molecule has 3 aromatic rings. The Labute approximate surface area is 162 Å².